The molecule has 12 nitrogen and oxygen atoms in total. The Labute approximate surface area is 173 Å². The van der Waals surface area contributed by atoms with Gasteiger partial charge in [-0.2, -0.15) is 16.8 Å². The number of hydrogen-bond donors (Lipinski definition) is 3. The predicted molar refractivity (Wildman–Crippen MR) is 105 cm³/mol. The Morgan fingerprint density at radius 3 is 1.79 bits per heavy atom. The third-order valence-electron chi connectivity index (χ3n) is 4.51. The molecule has 0 aliphatic carbocycles. The van der Waals surface area contributed by atoms with Gasteiger partial charge in [0.25, 0.3) is 0 Å². The summed E-state index contributed by atoms with van der Waals surface area (Å²) in [6.07, 6.45) is 0. The molecule has 0 aromatic heterocycles. The van der Waals surface area contributed by atoms with Crippen LogP contribution in [0, 0.1) is 5.92 Å². The lowest BCUT2D eigenvalue weighted by atomic mass is 10.2. The molecular formula is C15H35N3O9S2+2. The van der Waals surface area contributed by atoms with Crippen molar-refractivity contribution < 1.29 is 48.1 Å². The lowest BCUT2D eigenvalue weighted by Crippen LogP contribution is -2.56. The zero-order chi connectivity index (χ0) is 22.9. The number of hydrogen-bond acceptors (Lipinski definition) is 7. The van der Waals surface area contributed by atoms with Crippen LogP contribution in [0.25, 0.3) is 0 Å². The second kappa shape index (κ2) is 11.5. The number of carbonyl (C=O) groups is 1. The quantitative estimate of drug-likeness (QED) is 0.202. The standard InChI is InChI=1S/C15H33N3O9S2/c1-14(2)15(19)16-6-7-18(5,11-13-27-29(23,24)25)9-8-17(3,4)10-12-26-28(20,21)22/h14H,6-13H2,1-5H3,(H-2,16,19,20,21,22,23,24,25)/p+2. The van der Waals surface area contributed by atoms with E-state index in [0.717, 1.165) is 0 Å². The van der Waals surface area contributed by atoms with Gasteiger partial charge >= 0.3 is 20.8 Å². The van der Waals surface area contributed by atoms with Crippen LogP contribution in [0.4, 0.5) is 0 Å². The zero-order valence-corrected chi connectivity index (χ0v) is 19.3. The van der Waals surface area contributed by atoms with Crippen molar-refractivity contribution in [3.8, 4) is 0 Å². The maximum absolute atomic E-state index is 11.7. The molecule has 0 aromatic rings. The van der Waals surface area contributed by atoms with E-state index in [9.17, 15) is 21.6 Å². The van der Waals surface area contributed by atoms with Gasteiger partial charge in [-0.15, -0.1) is 0 Å². The molecule has 3 N–H and O–H groups in total. The van der Waals surface area contributed by atoms with Gasteiger partial charge in [0.1, 0.15) is 39.4 Å². The Balaban J connectivity index is 4.86. The van der Waals surface area contributed by atoms with E-state index in [1.165, 1.54) is 0 Å². The summed E-state index contributed by atoms with van der Waals surface area (Å²) in [5, 5.41) is 2.81. The molecule has 0 bridgehead atoms. The minimum absolute atomic E-state index is 0.0933. The van der Waals surface area contributed by atoms with E-state index in [4.69, 9.17) is 9.11 Å². The van der Waals surface area contributed by atoms with Gasteiger partial charge in [0, 0.05) is 5.92 Å². The summed E-state index contributed by atoms with van der Waals surface area (Å²) in [4.78, 5) is 11.7. The van der Waals surface area contributed by atoms with Crippen LogP contribution >= 0.6 is 0 Å². The van der Waals surface area contributed by atoms with Crippen molar-refractivity contribution in [2.75, 3.05) is 73.6 Å². The zero-order valence-electron chi connectivity index (χ0n) is 17.7. The van der Waals surface area contributed by atoms with Gasteiger partial charge in [0.05, 0.1) is 34.2 Å². The smallest absolute Gasteiger partial charge is 0.350 e. The normalized spacial score (nSPS) is 15.3. The molecule has 0 fully saturated rings. The van der Waals surface area contributed by atoms with E-state index in [-0.39, 0.29) is 31.6 Å². The minimum atomic E-state index is -4.54. The molecule has 0 saturated heterocycles. The lowest BCUT2D eigenvalue weighted by molar-refractivity contribution is -0.954. The van der Waals surface area contributed by atoms with Crippen molar-refractivity contribution in [1.82, 2.24) is 5.32 Å². The number of carbonyl (C=O) groups excluding carboxylic acids is 1. The van der Waals surface area contributed by atoms with Gasteiger partial charge in [0.2, 0.25) is 5.91 Å². The molecule has 0 aliphatic heterocycles. The molecule has 0 rings (SSSR count). The Hall–Kier alpha value is -0.870. The number of likely N-dealkylation sites (N-methyl/N-ethyl adjacent to an activating group) is 2. The summed E-state index contributed by atoms with van der Waals surface area (Å²) in [6, 6.07) is 0. The van der Waals surface area contributed by atoms with Crippen LogP contribution < -0.4 is 5.32 Å². The maximum Gasteiger partial charge on any atom is 0.397 e. The van der Waals surface area contributed by atoms with Gasteiger partial charge in [0.15, 0.2) is 0 Å². The highest BCUT2D eigenvalue weighted by Crippen LogP contribution is 2.07. The summed E-state index contributed by atoms with van der Waals surface area (Å²) in [6.45, 7) is 5.69. The third-order valence-corrected chi connectivity index (χ3v) is 5.44. The van der Waals surface area contributed by atoms with E-state index >= 15 is 0 Å². The Bertz CT molecular complexity index is 723. The number of nitrogens with zero attached hydrogens (tertiary/aromatic N) is 2. The molecule has 1 amide bonds. The SMILES string of the molecule is CC(C)C(=O)NCC[N+](C)(CCOS(=O)(=O)O)CC[N+](C)(C)CCOS(=O)(=O)O. The van der Waals surface area contributed by atoms with Crippen molar-refractivity contribution in [2.45, 2.75) is 13.8 Å². The summed E-state index contributed by atoms with van der Waals surface area (Å²) in [5.74, 6) is -0.251. The van der Waals surface area contributed by atoms with Crippen molar-refractivity contribution in [2.24, 2.45) is 5.92 Å². The summed E-state index contributed by atoms with van der Waals surface area (Å²) in [5.41, 5.74) is 0. The Morgan fingerprint density at radius 2 is 1.34 bits per heavy atom. The van der Waals surface area contributed by atoms with E-state index in [1.807, 2.05) is 21.1 Å². The van der Waals surface area contributed by atoms with E-state index in [2.05, 4.69) is 13.7 Å². The Morgan fingerprint density at radius 1 is 0.862 bits per heavy atom. The van der Waals surface area contributed by atoms with Gasteiger partial charge in [-0.25, -0.2) is 8.37 Å². The van der Waals surface area contributed by atoms with Crippen LogP contribution in [0.15, 0.2) is 0 Å². The maximum atomic E-state index is 11.7. The third kappa shape index (κ3) is 15.6. The molecular weight excluding hydrogens is 430 g/mol. The van der Waals surface area contributed by atoms with Crippen molar-refractivity contribution in [1.29, 1.82) is 0 Å². The predicted octanol–water partition coefficient (Wildman–Crippen LogP) is -1.08. The molecule has 1 unspecified atom stereocenters. The average molecular weight is 466 g/mol. The number of nitrogens with one attached hydrogen (secondary N) is 1. The first-order valence-electron chi connectivity index (χ1n) is 9.12. The summed E-state index contributed by atoms with van der Waals surface area (Å²) in [7, 11) is -3.46. The van der Waals surface area contributed by atoms with E-state index < -0.39 is 20.8 Å². The number of quaternary nitrogens is 2. The van der Waals surface area contributed by atoms with Crippen LogP contribution in [0.1, 0.15) is 13.8 Å². The number of amides is 1. The van der Waals surface area contributed by atoms with Crippen molar-refractivity contribution in [3.63, 3.8) is 0 Å². The molecule has 14 heteroatoms. The van der Waals surface area contributed by atoms with Gasteiger partial charge in [-0.1, -0.05) is 13.8 Å². The molecule has 0 spiro atoms. The monoisotopic (exact) mass is 465 g/mol. The second-order valence-electron chi connectivity index (χ2n) is 8.12. The fourth-order valence-corrected chi connectivity index (χ4v) is 2.94. The first kappa shape index (κ1) is 28.1. The van der Waals surface area contributed by atoms with E-state index in [1.54, 1.807) is 13.8 Å². The van der Waals surface area contributed by atoms with Crippen molar-refractivity contribution >= 4 is 26.7 Å². The first-order valence-corrected chi connectivity index (χ1v) is 11.8. The highest BCUT2D eigenvalue weighted by molar-refractivity contribution is 7.81. The minimum Gasteiger partial charge on any atom is -0.350 e. The molecule has 0 radical (unpaired) electrons. The molecule has 29 heavy (non-hydrogen) atoms. The summed E-state index contributed by atoms with van der Waals surface area (Å²) < 4.78 is 69.8. The average Bonchev–Trinajstić information content (AvgIpc) is 2.50. The Kier molecular flexibility index (Phi) is 11.2. The lowest BCUT2D eigenvalue weighted by Gasteiger charge is -2.38. The topological polar surface area (TPSA) is 156 Å². The van der Waals surface area contributed by atoms with Crippen LogP contribution in [-0.2, 0) is 34.0 Å². The van der Waals surface area contributed by atoms with Crippen LogP contribution in [-0.4, -0.2) is 114 Å². The molecule has 174 valence electrons. The van der Waals surface area contributed by atoms with Gasteiger partial charge in [-0.05, 0) is 0 Å². The highest BCUT2D eigenvalue weighted by Gasteiger charge is 2.28. The second-order valence-corrected chi connectivity index (χ2v) is 10.3. The molecule has 0 heterocycles. The van der Waals surface area contributed by atoms with E-state index in [0.29, 0.717) is 41.7 Å². The van der Waals surface area contributed by atoms with Crippen LogP contribution in [0.2, 0.25) is 0 Å². The number of rotatable bonds is 15. The highest BCUT2D eigenvalue weighted by atomic mass is 32.3. The van der Waals surface area contributed by atoms with Gasteiger partial charge < -0.3 is 14.3 Å². The molecule has 1 atom stereocenters. The fraction of sp³-hybridized carbons (Fsp3) is 0.933. The van der Waals surface area contributed by atoms with Crippen molar-refractivity contribution in [3.05, 3.63) is 0 Å². The summed E-state index contributed by atoms with van der Waals surface area (Å²) >= 11 is 0. The fourth-order valence-electron chi connectivity index (χ4n) is 2.37. The molecule has 0 aliphatic rings. The van der Waals surface area contributed by atoms with Crippen LogP contribution in [0.3, 0.4) is 0 Å². The molecule has 0 aromatic carbocycles. The first-order chi connectivity index (χ1) is 12.9. The molecule has 0 saturated carbocycles. The largest absolute Gasteiger partial charge is 0.397 e. The van der Waals surface area contributed by atoms with Crippen LogP contribution in [0.5, 0.6) is 0 Å². The van der Waals surface area contributed by atoms with Gasteiger partial charge in [-0.3, -0.25) is 13.9 Å².